The van der Waals surface area contributed by atoms with Crippen molar-refractivity contribution in [2.45, 2.75) is 6.92 Å². The number of hydrogen-bond donors (Lipinski definition) is 1. The van der Waals surface area contributed by atoms with Crippen molar-refractivity contribution >= 4 is 22.7 Å². The summed E-state index contributed by atoms with van der Waals surface area (Å²) in [5.74, 6) is -1.08. The minimum absolute atomic E-state index is 0.380. The summed E-state index contributed by atoms with van der Waals surface area (Å²) in [5.41, 5.74) is 0.865. The molecule has 1 N–H and O–H groups in total. The van der Waals surface area contributed by atoms with E-state index < -0.39 is 11.8 Å². The number of ketones is 1. The normalized spacial score (nSPS) is 10.2. The highest BCUT2D eigenvalue weighted by molar-refractivity contribution is 6.33. The molecule has 0 saturated heterocycles. The first kappa shape index (κ1) is 9.45. The molecule has 0 saturated carbocycles. The smallest absolute Gasteiger partial charge is 0.379 e. The van der Waals surface area contributed by atoms with E-state index in [0.29, 0.717) is 5.75 Å². The van der Waals surface area contributed by atoms with Gasteiger partial charge in [-0.15, -0.1) is 0 Å². The molecule has 0 aliphatic heterocycles. The van der Waals surface area contributed by atoms with Crippen LogP contribution in [0, 0.1) is 0 Å². The van der Waals surface area contributed by atoms with Crippen LogP contribution in [-0.2, 0) is 9.59 Å². The van der Waals surface area contributed by atoms with Gasteiger partial charge in [-0.2, -0.15) is 0 Å². The van der Waals surface area contributed by atoms with Crippen molar-refractivity contribution in [1.29, 1.82) is 0 Å². The minimum atomic E-state index is -0.847. The number of benzene rings is 1. The van der Waals surface area contributed by atoms with Crippen LogP contribution in [0.25, 0.3) is 10.9 Å². The predicted molar refractivity (Wildman–Crippen MR) is 54.6 cm³/mol. The minimum Gasteiger partial charge on any atom is -0.419 e. The molecule has 0 bridgehead atoms. The fraction of sp³-hybridized carbons (Fsp3) is 0.0909. The third-order valence-electron chi connectivity index (χ3n) is 2.04. The van der Waals surface area contributed by atoms with Crippen LogP contribution in [0.5, 0.6) is 5.75 Å². The molecule has 0 aliphatic rings. The van der Waals surface area contributed by atoms with Crippen LogP contribution in [0.15, 0.2) is 30.5 Å². The van der Waals surface area contributed by atoms with Crippen LogP contribution < -0.4 is 4.74 Å². The molecule has 0 spiro atoms. The van der Waals surface area contributed by atoms with Gasteiger partial charge in [-0.1, -0.05) is 12.1 Å². The number of hydrogen-bond acceptors (Lipinski definition) is 3. The molecule has 76 valence electrons. The summed E-state index contributed by atoms with van der Waals surface area (Å²) < 4.78 is 4.91. The maximum atomic E-state index is 11.1. The van der Waals surface area contributed by atoms with Gasteiger partial charge < -0.3 is 9.72 Å². The van der Waals surface area contributed by atoms with Gasteiger partial charge in [-0.25, -0.2) is 4.79 Å². The maximum absolute atomic E-state index is 11.1. The summed E-state index contributed by atoms with van der Waals surface area (Å²) in [6.45, 7) is 1.18. The van der Waals surface area contributed by atoms with Crippen LogP contribution >= 0.6 is 0 Å². The zero-order valence-electron chi connectivity index (χ0n) is 8.11. The highest BCUT2D eigenvalue weighted by Gasteiger charge is 2.13. The van der Waals surface area contributed by atoms with E-state index >= 15 is 0 Å². The molecule has 4 nitrogen and oxygen atoms in total. The van der Waals surface area contributed by atoms with Crippen LogP contribution in [0.3, 0.4) is 0 Å². The highest BCUT2D eigenvalue weighted by atomic mass is 16.5. The molecule has 4 heteroatoms. The first-order chi connectivity index (χ1) is 7.18. The summed E-state index contributed by atoms with van der Waals surface area (Å²) in [4.78, 5) is 24.7. The Balaban J connectivity index is 2.37. The Kier molecular flexibility index (Phi) is 2.25. The molecule has 0 unspecified atom stereocenters. The number of para-hydroxylation sites is 1. The first-order valence-electron chi connectivity index (χ1n) is 4.47. The quantitative estimate of drug-likeness (QED) is 0.596. The summed E-state index contributed by atoms with van der Waals surface area (Å²) in [6.07, 6.45) is 1.56. The summed E-state index contributed by atoms with van der Waals surface area (Å²) >= 11 is 0. The van der Waals surface area contributed by atoms with E-state index in [4.69, 9.17) is 4.74 Å². The van der Waals surface area contributed by atoms with E-state index in [1.807, 2.05) is 24.3 Å². The Hall–Kier alpha value is -2.10. The zero-order valence-corrected chi connectivity index (χ0v) is 8.11. The van der Waals surface area contributed by atoms with Gasteiger partial charge in [-0.05, 0) is 12.1 Å². The fourth-order valence-electron chi connectivity index (χ4n) is 1.30. The van der Waals surface area contributed by atoms with Gasteiger partial charge in [0.1, 0.15) is 0 Å². The summed E-state index contributed by atoms with van der Waals surface area (Å²) in [6, 6.07) is 7.38. The summed E-state index contributed by atoms with van der Waals surface area (Å²) in [5, 5.41) is 0.784. The van der Waals surface area contributed by atoms with Gasteiger partial charge in [0.15, 0.2) is 5.75 Å². The Bertz CT molecular complexity index is 527. The molecule has 2 rings (SSSR count). The molecular weight excluding hydrogens is 194 g/mol. The van der Waals surface area contributed by atoms with Gasteiger partial charge in [0.25, 0.3) is 0 Å². The number of H-pyrrole nitrogens is 1. The lowest BCUT2D eigenvalue weighted by Crippen LogP contribution is -2.16. The van der Waals surface area contributed by atoms with Crippen LogP contribution in [-0.4, -0.2) is 16.7 Å². The summed E-state index contributed by atoms with van der Waals surface area (Å²) in [7, 11) is 0. The lowest BCUT2D eigenvalue weighted by Gasteiger charge is -1.98. The van der Waals surface area contributed by atoms with Crippen molar-refractivity contribution in [2.24, 2.45) is 0 Å². The van der Waals surface area contributed by atoms with E-state index in [9.17, 15) is 9.59 Å². The average Bonchev–Trinajstić information content (AvgIpc) is 2.62. The molecule has 0 aliphatic carbocycles. The molecule has 0 amide bonds. The van der Waals surface area contributed by atoms with E-state index in [1.54, 1.807) is 6.20 Å². The highest BCUT2D eigenvalue weighted by Crippen LogP contribution is 2.24. The van der Waals surface area contributed by atoms with Crippen molar-refractivity contribution in [3.63, 3.8) is 0 Å². The van der Waals surface area contributed by atoms with Crippen molar-refractivity contribution in [3.05, 3.63) is 30.5 Å². The molecular formula is C11H9NO3. The van der Waals surface area contributed by atoms with E-state index in [-0.39, 0.29) is 0 Å². The van der Waals surface area contributed by atoms with E-state index in [2.05, 4.69) is 4.98 Å². The molecule has 15 heavy (non-hydrogen) atoms. The molecule has 0 radical (unpaired) electrons. The number of fused-ring (bicyclic) bond motifs is 1. The Morgan fingerprint density at radius 3 is 2.73 bits per heavy atom. The largest absolute Gasteiger partial charge is 0.419 e. The monoisotopic (exact) mass is 203 g/mol. The lowest BCUT2D eigenvalue weighted by molar-refractivity contribution is -0.145. The first-order valence-corrected chi connectivity index (χ1v) is 4.47. The Morgan fingerprint density at radius 2 is 2.00 bits per heavy atom. The molecule has 1 aromatic carbocycles. The van der Waals surface area contributed by atoms with Crippen molar-refractivity contribution in [3.8, 4) is 5.75 Å². The van der Waals surface area contributed by atoms with Gasteiger partial charge in [0, 0.05) is 24.0 Å². The lowest BCUT2D eigenvalue weighted by atomic mass is 10.2. The number of Topliss-reactive ketones (excluding diaryl/α,β-unsaturated/α-hetero) is 1. The standard InChI is InChI=1S/C11H9NO3/c1-7(13)11(14)15-10-6-12-9-5-3-2-4-8(9)10/h2-6,12H,1H3. The number of esters is 1. The second kappa shape index (κ2) is 3.57. The number of carbonyl (C=O) groups excluding carboxylic acids is 2. The Morgan fingerprint density at radius 1 is 1.27 bits per heavy atom. The molecule has 0 atom stereocenters. The number of aromatic amines is 1. The SMILES string of the molecule is CC(=O)C(=O)Oc1c[nH]c2ccccc12. The molecule has 0 fully saturated rings. The average molecular weight is 203 g/mol. The molecule has 2 aromatic rings. The fourth-order valence-corrected chi connectivity index (χ4v) is 1.30. The number of aromatic nitrogens is 1. The number of carbonyl (C=O) groups is 2. The third-order valence-corrected chi connectivity index (χ3v) is 2.04. The third kappa shape index (κ3) is 1.74. The van der Waals surface area contributed by atoms with Crippen LogP contribution in [0.2, 0.25) is 0 Å². The van der Waals surface area contributed by atoms with Crippen LogP contribution in [0.1, 0.15) is 6.92 Å². The zero-order chi connectivity index (χ0) is 10.8. The molecule has 1 heterocycles. The van der Waals surface area contributed by atoms with Crippen molar-refractivity contribution in [1.82, 2.24) is 4.98 Å². The number of ether oxygens (including phenoxy) is 1. The number of nitrogens with one attached hydrogen (secondary N) is 1. The van der Waals surface area contributed by atoms with Crippen molar-refractivity contribution in [2.75, 3.05) is 0 Å². The number of rotatable bonds is 2. The van der Waals surface area contributed by atoms with Crippen LogP contribution in [0.4, 0.5) is 0 Å². The van der Waals surface area contributed by atoms with E-state index in [1.165, 1.54) is 6.92 Å². The van der Waals surface area contributed by atoms with Gasteiger partial charge in [0.2, 0.25) is 5.78 Å². The molecule has 1 aromatic heterocycles. The van der Waals surface area contributed by atoms with Gasteiger partial charge >= 0.3 is 5.97 Å². The maximum Gasteiger partial charge on any atom is 0.379 e. The van der Waals surface area contributed by atoms with Gasteiger partial charge in [0.05, 0.1) is 0 Å². The predicted octanol–water partition coefficient (Wildman–Crippen LogP) is 1.66. The Labute approximate surface area is 85.9 Å². The topological polar surface area (TPSA) is 59.2 Å². The van der Waals surface area contributed by atoms with E-state index in [0.717, 1.165) is 10.9 Å². The second-order valence-electron chi connectivity index (χ2n) is 3.14. The second-order valence-corrected chi connectivity index (χ2v) is 3.14. The van der Waals surface area contributed by atoms with Crippen molar-refractivity contribution < 1.29 is 14.3 Å². The van der Waals surface area contributed by atoms with Gasteiger partial charge in [-0.3, -0.25) is 4.79 Å².